The van der Waals surface area contributed by atoms with Crippen molar-refractivity contribution in [3.05, 3.63) is 98.2 Å². The van der Waals surface area contributed by atoms with Crippen LogP contribution in [0.15, 0.2) is 71.9 Å². The third-order valence-electron chi connectivity index (χ3n) is 4.67. The average Bonchev–Trinajstić information content (AvgIpc) is 3.24. The molecule has 0 aliphatic rings. The van der Waals surface area contributed by atoms with Gasteiger partial charge in [0, 0.05) is 10.8 Å². The summed E-state index contributed by atoms with van der Waals surface area (Å²) < 4.78 is 1.79. The number of nitrogens with one attached hydrogen (secondary N) is 2. The molecular weight excluding hydrogens is 536 g/mol. The summed E-state index contributed by atoms with van der Waals surface area (Å²) in [5, 5.41) is 16.3. The molecule has 0 saturated carbocycles. The van der Waals surface area contributed by atoms with Gasteiger partial charge in [-0.05, 0) is 35.9 Å². The SMILES string of the molecule is O=C(NCc1nnc(SCc2ccccc2)n1-c1cc(Cl)ccc1Cl)Nc1cccc(Cl)c1Cl. The fraction of sp³-hybridized carbons (Fsp3) is 0.0870. The van der Waals surface area contributed by atoms with E-state index in [1.54, 1.807) is 41.0 Å². The van der Waals surface area contributed by atoms with Gasteiger partial charge in [-0.1, -0.05) is 94.6 Å². The Morgan fingerprint density at radius 2 is 1.71 bits per heavy atom. The zero-order chi connectivity index (χ0) is 24.1. The number of benzene rings is 3. The molecule has 34 heavy (non-hydrogen) atoms. The Labute approximate surface area is 220 Å². The quantitative estimate of drug-likeness (QED) is 0.233. The van der Waals surface area contributed by atoms with Crippen molar-refractivity contribution < 1.29 is 4.79 Å². The predicted molar refractivity (Wildman–Crippen MR) is 140 cm³/mol. The largest absolute Gasteiger partial charge is 0.331 e. The van der Waals surface area contributed by atoms with Gasteiger partial charge in [0.2, 0.25) is 0 Å². The maximum Gasteiger partial charge on any atom is 0.319 e. The number of urea groups is 1. The number of carbonyl (C=O) groups is 1. The standard InChI is InChI=1S/C23H17Cl4N5OS/c24-15-9-10-16(25)19(11-15)32-20(30-31-23(32)34-13-14-5-2-1-3-6-14)12-28-22(33)29-18-8-4-7-17(26)21(18)27/h1-11H,12-13H2,(H2,28,29,33). The minimum absolute atomic E-state index is 0.0752. The van der Waals surface area contributed by atoms with Gasteiger partial charge >= 0.3 is 6.03 Å². The van der Waals surface area contributed by atoms with E-state index < -0.39 is 6.03 Å². The van der Waals surface area contributed by atoms with Crippen molar-refractivity contribution in [2.45, 2.75) is 17.5 Å². The lowest BCUT2D eigenvalue weighted by atomic mass is 10.2. The third-order valence-corrected chi connectivity index (χ3v) is 7.04. The van der Waals surface area contributed by atoms with Crippen LogP contribution in [0, 0.1) is 0 Å². The van der Waals surface area contributed by atoms with Gasteiger partial charge in [-0.15, -0.1) is 10.2 Å². The normalized spacial score (nSPS) is 10.8. The summed E-state index contributed by atoms with van der Waals surface area (Å²) in [5.74, 6) is 1.16. The third kappa shape index (κ3) is 5.98. The van der Waals surface area contributed by atoms with Crippen molar-refractivity contribution in [2.24, 2.45) is 0 Å². The highest BCUT2D eigenvalue weighted by Crippen LogP contribution is 2.31. The Balaban J connectivity index is 1.56. The number of rotatable bonds is 7. The summed E-state index contributed by atoms with van der Waals surface area (Å²) in [4.78, 5) is 12.5. The van der Waals surface area contributed by atoms with Crippen LogP contribution in [0.4, 0.5) is 10.5 Å². The summed E-state index contributed by atoms with van der Waals surface area (Å²) in [7, 11) is 0. The molecule has 0 unspecified atom stereocenters. The van der Waals surface area contributed by atoms with Crippen LogP contribution in [0.25, 0.3) is 5.69 Å². The summed E-state index contributed by atoms with van der Waals surface area (Å²) in [6, 6.07) is 19.6. The highest BCUT2D eigenvalue weighted by Gasteiger charge is 2.18. The van der Waals surface area contributed by atoms with Crippen molar-refractivity contribution in [2.75, 3.05) is 5.32 Å². The number of thioether (sulfide) groups is 1. The van der Waals surface area contributed by atoms with Crippen LogP contribution < -0.4 is 10.6 Å². The molecule has 1 aromatic heterocycles. The van der Waals surface area contributed by atoms with Crippen molar-refractivity contribution in [3.63, 3.8) is 0 Å². The zero-order valence-electron chi connectivity index (χ0n) is 17.4. The molecule has 0 atom stereocenters. The van der Waals surface area contributed by atoms with Crippen LogP contribution in [-0.4, -0.2) is 20.8 Å². The molecule has 4 rings (SSSR count). The lowest BCUT2D eigenvalue weighted by Crippen LogP contribution is -2.29. The average molecular weight is 553 g/mol. The highest BCUT2D eigenvalue weighted by atomic mass is 35.5. The number of hydrogen-bond acceptors (Lipinski definition) is 4. The number of nitrogens with zero attached hydrogens (tertiary/aromatic N) is 3. The van der Waals surface area contributed by atoms with Gasteiger partial charge in [-0.3, -0.25) is 4.57 Å². The Morgan fingerprint density at radius 1 is 0.912 bits per heavy atom. The number of hydrogen-bond donors (Lipinski definition) is 2. The summed E-state index contributed by atoms with van der Waals surface area (Å²) >= 11 is 26.4. The van der Waals surface area contributed by atoms with Crippen molar-refractivity contribution in [3.8, 4) is 5.69 Å². The smallest absolute Gasteiger partial charge is 0.319 e. The number of aromatic nitrogens is 3. The lowest BCUT2D eigenvalue weighted by molar-refractivity contribution is 0.251. The lowest BCUT2D eigenvalue weighted by Gasteiger charge is -2.13. The molecule has 11 heteroatoms. The maximum atomic E-state index is 12.5. The first-order chi connectivity index (χ1) is 16.4. The van der Waals surface area contributed by atoms with E-state index in [0.717, 1.165) is 5.56 Å². The van der Waals surface area contributed by atoms with E-state index in [9.17, 15) is 4.79 Å². The van der Waals surface area contributed by atoms with E-state index in [0.29, 0.717) is 43.2 Å². The molecule has 0 aliphatic carbocycles. The first-order valence-electron chi connectivity index (χ1n) is 9.97. The summed E-state index contributed by atoms with van der Waals surface area (Å²) in [6.07, 6.45) is 0. The highest BCUT2D eigenvalue weighted by molar-refractivity contribution is 7.98. The second kappa shape index (κ2) is 11.3. The van der Waals surface area contributed by atoms with Crippen molar-refractivity contribution in [1.29, 1.82) is 0 Å². The van der Waals surface area contributed by atoms with Crippen LogP contribution >= 0.6 is 58.2 Å². The van der Waals surface area contributed by atoms with Gasteiger partial charge in [0.05, 0.1) is 33.0 Å². The van der Waals surface area contributed by atoms with E-state index in [2.05, 4.69) is 20.8 Å². The molecule has 2 N–H and O–H groups in total. The van der Waals surface area contributed by atoms with E-state index in [4.69, 9.17) is 46.4 Å². The van der Waals surface area contributed by atoms with Crippen LogP contribution in [-0.2, 0) is 12.3 Å². The topological polar surface area (TPSA) is 71.8 Å². The molecule has 2 amide bonds. The van der Waals surface area contributed by atoms with Crippen molar-refractivity contribution in [1.82, 2.24) is 20.1 Å². The van der Waals surface area contributed by atoms with E-state index in [-0.39, 0.29) is 11.6 Å². The molecular formula is C23H17Cl4N5OS. The second-order valence-electron chi connectivity index (χ2n) is 7.01. The number of anilines is 1. The van der Waals surface area contributed by atoms with Crippen LogP contribution in [0.3, 0.4) is 0 Å². The van der Waals surface area contributed by atoms with Crippen LogP contribution in [0.1, 0.15) is 11.4 Å². The maximum absolute atomic E-state index is 12.5. The van der Waals surface area contributed by atoms with Crippen LogP contribution in [0.5, 0.6) is 0 Å². The minimum Gasteiger partial charge on any atom is -0.331 e. The summed E-state index contributed by atoms with van der Waals surface area (Å²) in [6.45, 7) is 0.0752. The Kier molecular flexibility index (Phi) is 8.24. The molecule has 0 aliphatic heterocycles. The van der Waals surface area contributed by atoms with E-state index in [1.165, 1.54) is 11.8 Å². The molecule has 6 nitrogen and oxygen atoms in total. The second-order valence-corrected chi connectivity index (χ2v) is 9.58. The number of halogens is 4. The number of amides is 2. The van der Waals surface area contributed by atoms with Gasteiger partial charge in [0.1, 0.15) is 0 Å². The Hall–Kier alpha value is -2.42. The van der Waals surface area contributed by atoms with Crippen molar-refractivity contribution >= 4 is 69.9 Å². The van der Waals surface area contributed by atoms with Gasteiger partial charge in [0.15, 0.2) is 11.0 Å². The Morgan fingerprint density at radius 3 is 2.50 bits per heavy atom. The van der Waals surface area contributed by atoms with Crippen LogP contribution in [0.2, 0.25) is 20.1 Å². The number of carbonyl (C=O) groups excluding carboxylic acids is 1. The summed E-state index contributed by atoms with van der Waals surface area (Å²) in [5.41, 5.74) is 2.15. The van der Waals surface area contributed by atoms with Gasteiger partial charge in [0.25, 0.3) is 0 Å². The fourth-order valence-corrected chi connectivity index (χ4v) is 4.69. The molecule has 4 aromatic rings. The van der Waals surface area contributed by atoms with Gasteiger partial charge in [-0.2, -0.15) is 0 Å². The molecule has 0 saturated heterocycles. The monoisotopic (exact) mass is 551 g/mol. The van der Waals surface area contributed by atoms with Gasteiger partial charge in [-0.25, -0.2) is 4.79 Å². The molecule has 1 heterocycles. The Bertz CT molecular complexity index is 1320. The van der Waals surface area contributed by atoms with E-state index >= 15 is 0 Å². The molecule has 0 spiro atoms. The first-order valence-corrected chi connectivity index (χ1v) is 12.5. The minimum atomic E-state index is -0.477. The predicted octanol–water partition coefficient (Wildman–Crippen LogP) is 7.49. The van der Waals surface area contributed by atoms with E-state index in [1.807, 2.05) is 30.3 Å². The zero-order valence-corrected chi connectivity index (χ0v) is 21.3. The van der Waals surface area contributed by atoms with Gasteiger partial charge < -0.3 is 10.6 Å². The fourth-order valence-electron chi connectivity index (χ4n) is 3.06. The first kappa shape index (κ1) is 24.7. The molecule has 0 radical (unpaired) electrons. The molecule has 3 aromatic carbocycles. The molecule has 174 valence electrons. The molecule has 0 bridgehead atoms. The molecule has 0 fully saturated rings.